The van der Waals surface area contributed by atoms with Gasteiger partial charge < -0.3 is 4.74 Å². The van der Waals surface area contributed by atoms with Crippen molar-refractivity contribution >= 4 is 0 Å². The van der Waals surface area contributed by atoms with Crippen molar-refractivity contribution in [2.75, 3.05) is 7.11 Å². The maximum absolute atomic E-state index is 13.4. The maximum atomic E-state index is 13.4. The van der Waals surface area contributed by atoms with Crippen molar-refractivity contribution in [1.82, 2.24) is 9.55 Å². The molecule has 0 aliphatic heterocycles. The van der Waals surface area contributed by atoms with Crippen molar-refractivity contribution in [3.8, 4) is 5.75 Å². The number of rotatable bonds is 3. The number of methoxy groups -OCH3 is 1. The third-order valence-electron chi connectivity index (χ3n) is 2.76. The van der Waals surface area contributed by atoms with Gasteiger partial charge in [-0.15, -0.1) is 0 Å². The van der Waals surface area contributed by atoms with Gasteiger partial charge >= 0.3 is 6.18 Å². The third-order valence-corrected chi connectivity index (χ3v) is 2.76. The molecule has 1 aromatic heterocycles. The first-order valence-corrected chi connectivity index (χ1v) is 7.78. The van der Waals surface area contributed by atoms with E-state index >= 15 is 0 Å². The fraction of sp³-hybridized carbons (Fsp3) is 0.412. The van der Waals surface area contributed by atoms with Gasteiger partial charge in [0.15, 0.2) is 5.69 Å². The molecule has 0 fully saturated rings. The largest absolute Gasteiger partial charge is 0.497 e. The van der Waals surface area contributed by atoms with Crippen LogP contribution in [0.4, 0.5) is 17.6 Å². The van der Waals surface area contributed by atoms with Gasteiger partial charge in [-0.25, -0.2) is 4.98 Å². The lowest BCUT2D eigenvalue weighted by atomic mass is 10.2. The van der Waals surface area contributed by atoms with Crippen LogP contribution in [0.3, 0.4) is 0 Å². The molecule has 1 heterocycles. The summed E-state index contributed by atoms with van der Waals surface area (Å²) in [6.45, 7) is 7.91. The van der Waals surface area contributed by atoms with Crippen LogP contribution in [0.2, 0.25) is 0 Å². The second kappa shape index (κ2) is 10.5. The van der Waals surface area contributed by atoms with Gasteiger partial charge in [-0.05, 0) is 17.7 Å². The van der Waals surface area contributed by atoms with Crippen LogP contribution in [0, 0.1) is 5.82 Å². The first-order valence-electron chi connectivity index (χ1n) is 7.78. The fourth-order valence-corrected chi connectivity index (χ4v) is 1.70. The Morgan fingerprint density at radius 2 is 1.60 bits per heavy atom. The zero-order valence-electron chi connectivity index (χ0n) is 14.8. The topological polar surface area (TPSA) is 44.1 Å². The molecule has 0 spiro atoms. The molecule has 2 aromatic rings. The summed E-state index contributed by atoms with van der Waals surface area (Å²) >= 11 is 0. The Labute approximate surface area is 144 Å². The number of halogens is 4. The highest BCUT2D eigenvalue weighted by molar-refractivity contribution is 5.27. The summed E-state index contributed by atoms with van der Waals surface area (Å²) in [5.41, 5.74) is -2.58. The molecule has 1 aromatic carbocycles. The minimum Gasteiger partial charge on any atom is -0.497 e. The average Bonchev–Trinajstić information content (AvgIpc) is 2.62. The Hall–Kier alpha value is -2.38. The zero-order chi connectivity index (χ0) is 19.6. The standard InChI is InChI=1S/C13H10F4N2O2.2C2H6/c1-21-9-4-2-8(3-5-9)6-19-7-18-11(13(15,16)17)10(14)12(19)20;2*1-2/h2-5,7H,6H2,1H3;2*1-2H3. The summed E-state index contributed by atoms with van der Waals surface area (Å²) in [5.74, 6) is -1.32. The van der Waals surface area contributed by atoms with Gasteiger partial charge in [0.25, 0.3) is 5.56 Å². The molecule has 0 bridgehead atoms. The molecule has 0 unspecified atom stereocenters. The normalized spacial score (nSPS) is 10.1. The van der Waals surface area contributed by atoms with Crippen molar-refractivity contribution in [1.29, 1.82) is 0 Å². The predicted octanol–water partition coefficient (Wildman–Crippen LogP) is 4.51. The molecular formula is C17H22F4N2O2. The highest BCUT2D eigenvalue weighted by Crippen LogP contribution is 2.28. The second-order valence-corrected chi connectivity index (χ2v) is 4.19. The molecule has 0 radical (unpaired) electrons. The van der Waals surface area contributed by atoms with E-state index in [4.69, 9.17) is 4.74 Å². The zero-order valence-corrected chi connectivity index (χ0v) is 14.8. The van der Waals surface area contributed by atoms with E-state index in [1.54, 1.807) is 24.3 Å². The van der Waals surface area contributed by atoms with E-state index in [0.717, 1.165) is 4.57 Å². The van der Waals surface area contributed by atoms with Gasteiger partial charge in [0.05, 0.1) is 20.0 Å². The lowest BCUT2D eigenvalue weighted by Gasteiger charge is -2.10. The number of benzene rings is 1. The highest BCUT2D eigenvalue weighted by atomic mass is 19.4. The van der Waals surface area contributed by atoms with Crippen molar-refractivity contribution < 1.29 is 22.3 Å². The summed E-state index contributed by atoms with van der Waals surface area (Å²) in [6, 6.07) is 6.46. The summed E-state index contributed by atoms with van der Waals surface area (Å²) < 4.78 is 56.4. The first kappa shape index (κ1) is 22.6. The monoisotopic (exact) mass is 362 g/mol. The van der Waals surface area contributed by atoms with Gasteiger partial charge in [-0.3, -0.25) is 9.36 Å². The van der Waals surface area contributed by atoms with E-state index in [-0.39, 0.29) is 6.54 Å². The number of hydrogen-bond donors (Lipinski definition) is 0. The van der Waals surface area contributed by atoms with Crippen LogP contribution in [-0.2, 0) is 12.7 Å². The van der Waals surface area contributed by atoms with E-state index < -0.39 is 23.2 Å². The molecule has 0 atom stereocenters. The Kier molecular flexibility index (Phi) is 9.48. The first-order chi connectivity index (χ1) is 11.8. The molecule has 140 valence electrons. The van der Waals surface area contributed by atoms with Gasteiger partial charge in [0, 0.05) is 0 Å². The molecule has 0 saturated heterocycles. The van der Waals surface area contributed by atoms with Crippen molar-refractivity contribution in [3.05, 3.63) is 58.0 Å². The number of aromatic nitrogens is 2. The molecule has 0 N–H and O–H groups in total. The fourth-order valence-electron chi connectivity index (χ4n) is 1.70. The molecule has 4 nitrogen and oxygen atoms in total. The number of alkyl halides is 3. The lowest BCUT2D eigenvalue weighted by Crippen LogP contribution is -2.28. The third kappa shape index (κ3) is 6.21. The van der Waals surface area contributed by atoms with Gasteiger partial charge in [0.2, 0.25) is 5.82 Å². The summed E-state index contributed by atoms with van der Waals surface area (Å²) in [7, 11) is 1.48. The minimum atomic E-state index is -5.00. The Morgan fingerprint density at radius 1 is 1.08 bits per heavy atom. The van der Waals surface area contributed by atoms with Crippen molar-refractivity contribution in [2.45, 2.75) is 40.4 Å². The van der Waals surface area contributed by atoms with E-state index in [2.05, 4.69) is 4.98 Å². The molecule has 2 rings (SSSR count). The smallest absolute Gasteiger partial charge is 0.436 e. The highest BCUT2D eigenvalue weighted by Gasteiger charge is 2.37. The summed E-state index contributed by atoms with van der Waals surface area (Å²) in [5, 5.41) is 0. The van der Waals surface area contributed by atoms with E-state index in [0.29, 0.717) is 17.6 Å². The van der Waals surface area contributed by atoms with E-state index in [1.807, 2.05) is 27.7 Å². The van der Waals surface area contributed by atoms with Crippen LogP contribution >= 0.6 is 0 Å². The lowest BCUT2D eigenvalue weighted by molar-refractivity contribution is -0.144. The van der Waals surface area contributed by atoms with E-state index in [9.17, 15) is 22.4 Å². The van der Waals surface area contributed by atoms with Crippen LogP contribution < -0.4 is 10.3 Å². The van der Waals surface area contributed by atoms with Crippen LogP contribution in [0.25, 0.3) is 0 Å². The van der Waals surface area contributed by atoms with Crippen LogP contribution in [0.5, 0.6) is 5.75 Å². The van der Waals surface area contributed by atoms with E-state index in [1.165, 1.54) is 7.11 Å². The van der Waals surface area contributed by atoms with Crippen molar-refractivity contribution in [3.63, 3.8) is 0 Å². The molecule has 8 heteroatoms. The van der Waals surface area contributed by atoms with Gasteiger partial charge in [0.1, 0.15) is 5.75 Å². The SMILES string of the molecule is CC.CC.COc1ccc(Cn2cnc(C(F)(F)F)c(F)c2=O)cc1. The predicted molar refractivity (Wildman–Crippen MR) is 88.2 cm³/mol. The summed E-state index contributed by atoms with van der Waals surface area (Å²) in [6.07, 6.45) is -4.32. The quantitative estimate of drug-likeness (QED) is 0.755. The molecule has 25 heavy (non-hydrogen) atoms. The molecular weight excluding hydrogens is 340 g/mol. The van der Waals surface area contributed by atoms with Crippen LogP contribution in [-0.4, -0.2) is 16.7 Å². The van der Waals surface area contributed by atoms with Crippen LogP contribution in [0.1, 0.15) is 39.0 Å². The minimum absolute atomic E-state index is 0.0924. The van der Waals surface area contributed by atoms with Crippen LogP contribution in [0.15, 0.2) is 35.4 Å². The molecule has 0 saturated carbocycles. The maximum Gasteiger partial charge on any atom is 0.436 e. The summed E-state index contributed by atoms with van der Waals surface area (Å²) in [4.78, 5) is 14.6. The molecule has 0 amide bonds. The number of ether oxygens (including phenoxy) is 1. The Balaban J connectivity index is 0.00000134. The Bertz CT molecular complexity index is 695. The van der Waals surface area contributed by atoms with Gasteiger partial charge in [-0.1, -0.05) is 39.8 Å². The van der Waals surface area contributed by atoms with Crippen molar-refractivity contribution in [2.24, 2.45) is 0 Å². The van der Waals surface area contributed by atoms with Gasteiger partial charge in [-0.2, -0.15) is 17.6 Å². The molecule has 0 aliphatic rings. The second-order valence-electron chi connectivity index (χ2n) is 4.19. The molecule has 0 aliphatic carbocycles. The average molecular weight is 362 g/mol. The number of nitrogens with zero attached hydrogens (tertiary/aromatic N) is 2. The number of hydrogen-bond acceptors (Lipinski definition) is 3. The Morgan fingerprint density at radius 3 is 2.04 bits per heavy atom.